The van der Waals surface area contributed by atoms with Gasteiger partial charge in [0.25, 0.3) is 0 Å². The number of nitrogens with zero attached hydrogens (tertiary/aromatic N) is 2. The van der Waals surface area contributed by atoms with Gasteiger partial charge in [0.15, 0.2) is 0 Å². The predicted molar refractivity (Wildman–Crippen MR) is 93.3 cm³/mol. The van der Waals surface area contributed by atoms with Crippen LogP contribution in [-0.4, -0.2) is 45.0 Å². The minimum atomic E-state index is -1.12. The van der Waals surface area contributed by atoms with E-state index in [9.17, 15) is 24.4 Å². The van der Waals surface area contributed by atoms with E-state index in [1.54, 1.807) is 20.8 Å². The van der Waals surface area contributed by atoms with Crippen molar-refractivity contribution in [1.29, 1.82) is 0 Å². The normalized spacial score (nSPS) is 22.3. The maximum absolute atomic E-state index is 13.2. The molecule has 0 atom stereocenters. The summed E-state index contributed by atoms with van der Waals surface area (Å²) in [5.74, 6) is -0.269. The second-order valence-corrected chi connectivity index (χ2v) is 7.53. The minimum absolute atomic E-state index is 0.0241. The van der Waals surface area contributed by atoms with Crippen LogP contribution in [0, 0.1) is 10.1 Å². The van der Waals surface area contributed by atoms with Crippen LogP contribution >= 0.6 is 11.6 Å². The fourth-order valence-electron chi connectivity index (χ4n) is 2.60. The molecule has 1 amide bonds. The predicted octanol–water partition coefficient (Wildman–Crippen LogP) is 3.27. The highest BCUT2D eigenvalue weighted by Crippen LogP contribution is 2.41. The minimum Gasteiger partial charge on any atom is -0.444 e. The van der Waals surface area contributed by atoms with E-state index in [4.69, 9.17) is 16.3 Å². The third kappa shape index (κ3) is 4.70. The van der Waals surface area contributed by atoms with Crippen molar-refractivity contribution in [3.05, 3.63) is 21.3 Å². The van der Waals surface area contributed by atoms with Gasteiger partial charge in [-0.1, -0.05) is 11.6 Å². The lowest BCUT2D eigenvalue weighted by Crippen LogP contribution is -2.54. The second-order valence-electron chi connectivity index (χ2n) is 7.14. The standard InChI is InChI=1S/C15H20ClFN4O5/c1-14(2,3)26-13(23)18-9-4-10(16)19-12(11(9)21(24)25)20-15(7-22)5-8(17)6-15/h4,8,22H,5-7H2,1-3H3,(H2,18,19,20,23). The molecular weight excluding hydrogens is 371 g/mol. The molecule has 0 saturated heterocycles. The van der Waals surface area contributed by atoms with E-state index in [2.05, 4.69) is 15.6 Å². The molecule has 9 nitrogen and oxygen atoms in total. The number of halogens is 2. The number of aromatic nitrogens is 1. The molecule has 0 aliphatic heterocycles. The molecule has 0 aromatic carbocycles. The summed E-state index contributed by atoms with van der Waals surface area (Å²) < 4.78 is 18.3. The molecule has 1 saturated carbocycles. The first-order valence-electron chi connectivity index (χ1n) is 7.83. The van der Waals surface area contributed by atoms with Gasteiger partial charge >= 0.3 is 11.8 Å². The maximum atomic E-state index is 13.2. The molecule has 0 bridgehead atoms. The van der Waals surface area contributed by atoms with Crippen LogP contribution in [0.25, 0.3) is 0 Å². The molecule has 1 aliphatic carbocycles. The number of pyridine rings is 1. The zero-order valence-corrected chi connectivity index (χ0v) is 15.3. The van der Waals surface area contributed by atoms with Gasteiger partial charge in [-0.3, -0.25) is 15.4 Å². The monoisotopic (exact) mass is 390 g/mol. The number of aliphatic hydroxyl groups is 1. The Morgan fingerprint density at radius 1 is 1.58 bits per heavy atom. The van der Waals surface area contributed by atoms with Gasteiger partial charge in [-0.05, 0) is 20.8 Å². The van der Waals surface area contributed by atoms with Crippen molar-refractivity contribution >= 4 is 34.9 Å². The van der Waals surface area contributed by atoms with Crippen molar-refractivity contribution in [1.82, 2.24) is 4.98 Å². The third-order valence-electron chi connectivity index (χ3n) is 3.69. The quantitative estimate of drug-likeness (QED) is 0.400. The molecule has 0 unspecified atom stereocenters. The number of carbonyl (C=O) groups excluding carboxylic acids is 1. The molecule has 1 aromatic rings. The van der Waals surface area contributed by atoms with Gasteiger partial charge < -0.3 is 15.2 Å². The van der Waals surface area contributed by atoms with Crippen molar-refractivity contribution in [2.45, 2.75) is 50.9 Å². The van der Waals surface area contributed by atoms with Crippen LogP contribution < -0.4 is 10.6 Å². The van der Waals surface area contributed by atoms with Crippen molar-refractivity contribution in [3.8, 4) is 0 Å². The van der Waals surface area contributed by atoms with E-state index in [0.717, 1.165) is 6.07 Å². The van der Waals surface area contributed by atoms with Gasteiger partial charge in [0.1, 0.15) is 22.6 Å². The van der Waals surface area contributed by atoms with Gasteiger partial charge in [0.2, 0.25) is 5.82 Å². The number of aliphatic hydroxyl groups excluding tert-OH is 1. The average molecular weight is 391 g/mol. The van der Waals surface area contributed by atoms with Crippen LogP contribution in [0.2, 0.25) is 5.15 Å². The molecule has 0 radical (unpaired) electrons. The third-order valence-corrected chi connectivity index (χ3v) is 3.88. The van der Waals surface area contributed by atoms with E-state index in [1.165, 1.54) is 0 Å². The molecule has 1 aromatic heterocycles. The first kappa shape index (κ1) is 20.1. The Bertz CT molecular complexity index is 719. The van der Waals surface area contributed by atoms with E-state index in [-0.39, 0.29) is 29.5 Å². The number of nitrogens with one attached hydrogen (secondary N) is 2. The fraction of sp³-hybridized carbons (Fsp3) is 0.600. The van der Waals surface area contributed by atoms with E-state index >= 15 is 0 Å². The Hall–Kier alpha value is -2.20. The first-order valence-corrected chi connectivity index (χ1v) is 8.20. The molecule has 1 aliphatic rings. The summed E-state index contributed by atoms with van der Waals surface area (Å²) in [6.07, 6.45) is -2.07. The largest absolute Gasteiger partial charge is 0.444 e. The number of ether oxygens (including phenoxy) is 1. The molecule has 1 fully saturated rings. The van der Waals surface area contributed by atoms with Crippen LogP contribution in [0.4, 0.5) is 26.4 Å². The fourth-order valence-corrected chi connectivity index (χ4v) is 2.79. The molecule has 1 heterocycles. The number of rotatable bonds is 5. The Balaban J connectivity index is 2.36. The van der Waals surface area contributed by atoms with Crippen molar-refractivity contribution in [3.63, 3.8) is 0 Å². The number of alkyl halides is 1. The van der Waals surface area contributed by atoms with Crippen molar-refractivity contribution in [2.24, 2.45) is 0 Å². The number of anilines is 2. The molecule has 26 heavy (non-hydrogen) atoms. The first-order chi connectivity index (χ1) is 11.9. The van der Waals surface area contributed by atoms with Crippen LogP contribution in [0.3, 0.4) is 0 Å². The maximum Gasteiger partial charge on any atom is 0.412 e. The van der Waals surface area contributed by atoms with Gasteiger partial charge in [-0.15, -0.1) is 0 Å². The zero-order valence-electron chi connectivity index (χ0n) is 14.5. The van der Waals surface area contributed by atoms with Crippen LogP contribution in [0.1, 0.15) is 33.6 Å². The summed E-state index contributed by atoms with van der Waals surface area (Å²) >= 11 is 5.90. The molecule has 0 spiro atoms. The highest BCUT2D eigenvalue weighted by Gasteiger charge is 2.46. The second kappa shape index (κ2) is 7.20. The summed E-state index contributed by atoms with van der Waals surface area (Å²) in [6, 6.07) is 1.11. The molecule has 3 N–H and O–H groups in total. The van der Waals surface area contributed by atoms with Crippen molar-refractivity contribution in [2.75, 3.05) is 17.2 Å². The van der Waals surface area contributed by atoms with Crippen LogP contribution in [0.15, 0.2) is 6.07 Å². The Morgan fingerprint density at radius 3 is 2.65 bits per heavy atom. The van der Waals surface area contributed by atoms with Gasteiger partial charge in [0.05, 0.1) is 17.1 Å². The lowest BCUT2D eigenvalue weighted by Gasteiger charge is -2.43. The Labute approximate surface area is 154 Å². The average Bonchev–Trinajstić information content (AvgIpc) is 2.41. The van der Waals surface area contributed by atoms with Crippen LogP contribution in [0.5, 0.6) is 0 Å². The highest BCUT2D eigenvalue weighted by molar-refractivity contribution is 6.30. The molecule has 2 rings (SSSR count). The lowest BCUT2D eigenvalue weighted by atomic mass is 9.75. The number of hydrogen-bond donors (Lipinski definition) is 3. The number of nitro groups is 1. The zero-order chi connectivity index (χ0) is 19.7. The molecule has 11 heteroatoms. The topological polar surface area (TPSA) is 127 Å². The molecule has 144 valence electrons. The summed E-state index contributed by atoms with van der Waals surface area (Å²) in [6.45, 7) is 4.49. The van der Waals surface area contributed by atoms with Crippen LogP contribution in [-0.2, 0) is 4.74 Å². The lowest BCUT2D eigenvalue weighted by molar-refractivity contribution is -0.383. The number of amides is 1. The highest BCUT2D eigenvalue weighted by atomic mass is 35.5. The van der Waals surface area contributed by atoms with Crippen molar-refractivity contribution < 1.29 is 24.0 Å². The van der Waals surface area contributed by atoms with E-state index in [0.29, 0.717) is 0 Å². The number of carbonyl (C=O) groups is 1. The number of hydrogen-bond acceptors (Lipinski definition) is 7. The van der Waals surface area contributed by atoms with Gasteiger partial charge in [-0.2, -0.15) is 0 Å². The summed E-state index contributed by atoms with van der Waals surface area (Å²) in [7, 11) is 0. The Morgan fingerprint density at radius 2 is 2.19 bits per heavy atom. The molecular formula is C15H20ClFN4O5. The van der Waals surface area contributed by atoms with Gasteiger partial charge in [-0.25, -0.2) is 14.2 Å². The Kier molecular flexibility index (Phi) is 5.57. The van der Waals surface area contributed by atoms with E-state index in [1.807, 2.05) is 0 Å². The van der Waals surface area contributed by atoms with E-state index < -0.39 is 40.6 Å². The SMILES string of the molecule is CC(C)(C)OC(=O)Nc1cc(Cl)nc(NC2(CO)CC(F)C2)c1[N+](=O)[O-]. The van der Waals surface area contributed by atoms with Gasteiger partial charge in [0, 0.05) is 18.9 Å². The summed E-state index contributed by atoms with van der Waals surface area (Å²) in [5, 5.41) is 25.9. The summed E-state index contributed by atoms with van der Waals surface area (Å²) in [4.78, 5) is 26.6. The smallest absolute Gasteiger partial charge is 0.412 e. The summed E-state index contributed by atoms with van der Waals surface area (Å²) in [5.41, 5.74) is -2.66.